The standard InChI is InChI=1S/C27H26N4O3.C26H24N4O3.C16H24N2O3.C11H16N2O.C9H18N2O2.C7H7BrO.C2HF3O.C2H6.4CH4.Na.H2O/c1-33-22-11-9-21(10-12-22)30-14-16-31(17-15-30)26-25(19-6-4-3-5-7-19)28-23-13-8-20(27(32)34-2)18-24(23)29-26;1-33-21-10-8-20(9-11-21)29-13-15-30(16-14-29)25-24(18-5-3-2-4-6-18)27-22-12-7-19(26(31)32)17-23(22)28-25;1-16(2,3)21-15(19)18-11-9-17(10-12-18)13-5-7-14(20-4)8-6-13;1-14-11-4-2-10(3-5-11)13-8-6-12-7-9-13;1-9(2,3)13-8(12)11-6-4-10-5-7-11;1-9-7-4-2-6(8)3-5-7;3-2(4,5)1-6;1-2;;;;;;/h3-13,18H,14-17H2,1-2H3;2-12,17H,13-16H2,1H3,(H,31,32);5-8H,9-12H2,1-4H3;2-5,12H,6-9H2,1H3;10H,4-7H2,1-3H3;2-5H,1H3;1H;1-2H3;4*1H4;;1H2/q;;;;;;;;;;;;+1;/p-1/i;;;;;;;1D;;;;;;. The molecule has 0 atom stereocenters. The second-order valence-corrected chi connectivity index (χ2v) is 33.1. The van der Waals surface area contributed by atoms with E-state index in [0.29, 0.717) is 42.1 Å². The maximum Gasteiger partial charge on any atom is 1.00 e. The first kappa shape index (κ1) is 118. The molecule has 4 N–H and O–H groups in total. The molecule has 29 nitrogen and oxygen atoms in total. The van der Waals surface area contributed by atoms with Crippen molar-refractivity contribution in [1.82, 2.24) is 40.4 Å². The number of ether oxygens (including phenoxy) is 8. The summed E-state index contributed by atoms with van der Waals surface area (Å²) >= 11 is 3.32. The summed E-state index contributed by atoms with van der Waals surface area (Å²) in [6.45, 7) is 30.7. The summed E-state index contributed by atoms with van der Waals surface area (Å²) in [5.41, 5.74) is 11.0. The molecule has 0 bridgehead atoms. The van der Waals surface area contributed by atoms with Crippen LogP contribution in [-0.4, -0.2) is 262 Å². The molecule has 0 aliphatic carbocycles. The van der Waals surface area contributed by atoms with Crippen molar-refractivity contribution in [2.24, 2.45) is 0 Å². The Balaban J connectivity index is 0.000000438. The van der Waals surface area contributed by atoms with E-state index in [0.717, 1.165) is 202 Å². The van der Waals surface area contributed by atoms with Gasteiger partial charge in [-0.05, 0) is 199 Å². The number of hydrogen-bond donors (Lipinski definition) is 3. The second-order valence-electron chi connectivity index (χ2n) is 32.2. The minimum Gasteiger partial charge on any atom is -0.870 e. The van der Waals surface area contributed by atoms with Gasteiger partial charge in [0, 0.05) is 171 Å². The molecule has 34 heteroatoms. The zero-order valence-electron chi connectivity index (χ0n) is 79.8. The molecule has 0 saturated carbocycles. The van der Waals surface area contributed by atoms with Gasteiger partial charge < -0.3 is 98.3 Å². The third kappa shape index (κ3) is 37.6. The average molecular weight is 1990 g/mol. The number of methoxy groups -OCH3 is 6. The van der Waals surface area contributed by atoms with Crippen molar-refractivity contribution < 1.29 is 117 Å². The van der Waals surface area contributed by atoms with Gasteiger partial charge in [-0.25, -0.2) is 39.1 Å². The Labute approximate surface area is 844 Å². The largest absolute Gasteiger partial charge is 1.00 e. The van der Waals surface area contributed by atoms with Gasteiger partial charge in [0.05, 0.1) is 75.9 Å². The van der Waals surface area contributed by atoms with Crippen molar-refractivity contribution in [2.75, 3.05) is 203 Å². The van der Waals surface area contributed by atoms with E-state index in [1.54, 1.807) is 82.6 Å². The number of nitrogens with zero attached hydrogens (tertiary/aromatic N) is 12. The van der Waals surface area contributed by atoms with Crippen LogP contribution in [-0.2, 0) is 19.0 Å². The number of carboxylic acids is 1. The molecular formula is C104H139BrF3N14NaO15. The van der Waals surface area contributed by atoms with Crippen molar-refractivity contribution in [3.05, 3.63) is 234 Å². The number of aromatic carboxylic acids is 1. The summed E-state index contributed by atoms with van der Waals surface area (Å²) in [5, 5.41) is 15.9. The molecule has 5 saturated heterocycles. The number of hydrogen-bond acceptors (Lipinski definition) is 26. The van der Waals surface area contributed by atoms with Crippen LogP contribution in [0.5, 0.6) is 28.7 Å². The number of amides is 2. The number of rotatable bonds is 15. The molecule has 0 radical (unpaired) electrons. The van der Waals surface area contributed by atoms with Crippen LogP contribution in [0.4, 0.5) is 57.1 Å². The van der Waals surface area contributed by atoms with Crippen LogP contribution in [0.25, 0.3) is 44.6 Å². The molecule has 0 unspecified atom stereocenters. The van der Waals surface area contributed by atoms with E-state index >= 15 is 0 Å². The molecule has 9 aromatic carbocycles. The zero-order chi connectivity index (χ0) is 96.0. The molecule has 138 heavy (non-hydrogen) atoms. The monoisotopic (exact) mass is 1980 g/mol. The molecule has 5 fully saturated rings. The number of piperazine rings is 5. The number of benzene rings is 9. The summed E-state index contributed by atoms with van der Waals surface area (Å²) in [5.74, 6) is 4.62. The molecule has 11 aromatic rings. The molecule has 2 amide bonds. The molecule has 7 heterocycles. The number of carbonyl (C=O) groups excluding carboxylic acids is 4. The van der Waals surface area contributed by atoms with Crippen LogP contribution in [0, 0.1) is 0 Å². The number of anilines is 6. The number of carboxylic acid groups (broad SMARTS) is 1. The van der Waals surface area contributed by atoms with E-state index in [4.69, 9.17) is 64.0 Å². The Hall–Kier alpha value is -12.2. The maximum absolute atomic E-state index is 12.0. The molecule has 5 aliphatic rings. The summed E-state index contributed by atoms with van der Waals surface area (Å²) in [6, 6.07) is 70.5. The van der Waals surface area contributed by atoms with Gasteiger partial charge >= 0.3 is 59.9 Å². The van der Waals surface area contributed by atoms with Crippen molar-refractivity contribution in [3.63, 3.8) is 0 Å². The van der Waals surface area contributed by atoms with Gasteiger partial charge in [-0.2, -0.15) is 13.2 Å². The fourth-order valence-electron chi connectivity index (χ4n) is 14.2. The number of fused-ring (bicyclic) bond motifs is 2. The van der Waals surface area contributed by atoms with E-state index in [2.05, 4.69) is 104 Å². The number of aromatic nitrogens is 4. The number of esters is 1. The Bertz CT molecular complexity index is 5430. The summed E-state index contributed by atoms with van der Waals surface area (Å²) in [7, 11) is 9.74. The average Bonchev–Trinajstić information content (AvgIpc) is 0.775. The van der Waals surface area contributed by atoms with Gasteiger partial charge in [-0.1, -0.05) is 120 Å². The smallest absolute Gasteiger partial charge is 0.870 e. The van der Waals surface area contributed by atoms with Crippen LogP contribution in [0.15, 0.2) is 223 Å². The summed E-state index contributed by atoms with van der Waals surface area (Å²) in [4.78, 5) is 92.8. The zero-order valence-corrected chi connectivity index (χ0v) is 82.4. The Kier molecular flexibility index (Phi) is 51.2. The number of halogens is 4. The van der Waals surface area contributed by atoms with Gasteiger partial charge in [-0.3, -0.25) is 4.79 Å². The minimum atomic E-state index is -4.64. The van der Waals surface area contributed by atoms with Crippen LogP contribution < -0.4 is 93.3 Å². The number of aldehydes is 1. The van der Waals surface area contributed by atoms with Crippen LogP contribution in [0.3, 0.4) is 0 Å². The van der Waals surface area contributed by atoms with Gasteiger partial charge in [0.15, 0.2) is 11.6 Å². The Morgan fingerprint density at radius 3 is 0.971 bits per heavy atom. The first-order valence-electron chi connectivity index (χ1n) is 44.2. The fourth-order valence-corrected chi connectivity index (χ4v) is 14.4. The molecular weight excluding hydrogens is 1850 g/mol. The van der Waals surface area contributed by atoms with Gasteiger partial charge in [0.25, 0.3) is 0 Å². The van der Waals surface area contributed by atoms with Crippen molar-refractivity contribution in [1.29, 1.82) is 0 Å². The first-order chi connectivity index (χ1) is 63.8. The predicted octanol–water partition coefficient (Wildman–Crippen LogP) is 17.0. The Morgan fingerprint density at radius 1 is 0.399 bits per heavy atom. The van der Waals surface area contributed by atoms with Crippen molar-refractivity contribution in [2.45, 2.75) is 102 Å². The van der Waals surface area contributed by atoms with Crippen molar-refractivity contribution >= 4 is 103 Å². The van der Waals surface area contributed by atoms with Crippen LogP contribution >= 0.6 is 15.9 Å². The Morgan fingerprint density at radius 2 is 0.674 bits per heavy atom. The third-order valence-corrected chi connectivity index (χ3v) is 21.5. The maximum atomic E-state index is 12.0. The van der Waals surface area contributed by atoms with E-state index in [9.17, 15) is 37.5 Å². The van der Waals surface area contributed by atoms with E-state index in [1.807, 2.05) is 181 Å². The topological polar surface area (TPSA) is 311 Å². The normalized spacial score (nSPS) is 13.8. The van der Waals surface area contributed by atoms with Gasteiger partial charge in [-0.15, -0.1) is 0 Å². The van der Waals surface area contributed by atoms with E-state index in [-0.39, 0.29) is 94.1 Å². The van der Waals surface area contributed by atoms with E-state index in [1.165, 1.54) is 18.5 Å². The van der Waals surface area contributed by atoms with Crippen LogP contribution in [0.2, 0.25) is 0 Å². The molecule has 16 rings (SSSR count). The van der Waals surface area contributed by atoms with Gasteiger partial charge in [0.1, 0.15) is 51.3 Å². The molecule has 2 aromatic heterocycles. The number of carbonyl (C=O) groups is 5. The van der Waals surface area contributed by atoms with E-state index < -0.39 is 24.0 Å². The number of alkyl halides is 3. The molecule has 5 aliphatic heterocycles. The fraction of sp³-hybridized carbons (Fsp3) is 0.394. The first-order valence-corrected chi connectivity index (χ1v) is 44.3. The van der Waals surface area contributed by atoms with Crippen LogP contribution in [0.1, 0.15) is 107 Å². The quantitative estimate of drug-likeness (QED) is 0.0372. The van der Waals surface area contributed by atoms with Gasteiger partial charge in [0.2, 0.25) is 6.29 Å². The summed E-state index contributed by atoms with van der Waals surface area (Å²) < 4.78 is 79.8. The third-order valence-electron chi connectivity index (χ3n) is 21.0. The molecule has 0 spiro atoms. The number of nitrogens with one attached hydrogen (secondary N) is 2. The SMILES string of the molecule is C.C.C.C.CC(C)(C)OC(=O)N1CCNCC1.COC(=O)c1ccc2nc(-c3ccccc3)c(N3CCN(c4ccc(OC)cc4)CC3)nc2c1.COc1ccc(Br)cc1.COc1ccc(N2CCN(C(=O)OC(C)(C)C)CC2)cc1.COc1ccc(N2CCN(c3nc4cc(C(=O)O)ccc4nc3-c3ccccc3)CC2)cc1.COc1ccc(N2CCNCC2)cc1.O=CC(F)(F)F.[2H]CC.[Na+].[OH-]. The summed E-state index contributed by atoms with van der Waals surface area (Å²) in [6.07, 6.45) is -6.13. The predicted molar refractivity (Wildman–Crippen MR) is 548 cm³/mol. The minimum absolute atomic E-state index is 0. The van der Waals surface area contributed by atoms with Crippen molar-refractivity contribution in [3.8, 4) is 51.3 Å². The second kappa shape index (κ2) is 59.8. The molecule has 744 valence electrons.